The molecule has 0 spiro atoms. The Kier molecular flexibility index (Phi) is 3.65. The van der Waals surface area contributed by atoms with Gasteiger partial charge in [0.25, 0.3) is 0 Å². The maximum atomic E-state index is 6.00. The van der Waals surface area contributed by atoms with Gasteiger partial charge in [-0.2, -0.15) is 0 Å². The first-order chi connectivity index (χ1) is 6.44. The van der Waals surface area contributed by atoms with Crippen molar-refractivity contribution < 1.29 is 0 Å². The number of hydrogen-bond donors (Lipinski definition) is 2. The van der Waals surface area contributed by atoms with Gasteiger partial charge in [0.15, 0.2) is 0 Å². The van der Waals surface area contributed by atoms with E-state index in [1.807, 2.05) is 13.8 Å². The molecule has 0 saturated heterocycles. The van der Waals surface area contributed by atoms with Gasteiger partial charge in [-0.3, -0.25) is 0 Å². The largest absolute Gasteiger partial charge is 0.378 e. The van der Waals surface area contributed by atoms with Gasteiger partial charge in [0.2, 0.25) is 0 Å². The molecule has 78 valence electrons. The van der Waals surface area contributed by atoms with Crippen molar-refractivity contribution in [1.29, 1.82) is 0 Å². The van der Waals surface area contributed by atoms with Crippen LogP contribution in [0.1, 0.15) is 13.8 Å². The Morgan fingerprint density at radius 3 is 2.57 bits per heavy atom. The highest BCUT2D eigenvalue weighted by Crippen LogP contribution is 2.27. The fourth-order valence-corrected chi connectivity index (χ4v) is 1.35. The fraction of sp³-hybridized carbons (Fsp3) is 0.400. The minimum Gasteiger partial charge on any atom is -0.378 e. The molecule has 0 heterocycles. The van der Waals surface area contributed by atoms with Gasteiger partial charge in [0, 0.05) is 17.1 Å². The monoisotopic (exact) mass is 232 g/mol. The summed E-state index contributed by atoms with van der Waals surface area (Å²) in [6, 6.07) is 5.31. The Morgan fingerprint density at radius 2 is 2.00 bits per heavy atom. The quantitative estimate of drug-likeness (QED) is 0.841. The lowest BCUT2D eigenvalue weighted by atomic mass is 10.1. The lowest BCUT2D eigenvalue weighted by Crippen LogP contribution is -2.39. The highest BCUT2D eigenvalue weighted by molar-refractivity contribution is 6.35. The second kappa shape index (κ2) is 4.39. The summed E-state index contributed by atoms with van der Waals surface area (Å²) in [4.78, 5) is 0. The minimum atomic E-state index is -0.186. The molecule has 0 aliphatic heterocycles. The first-order valence-electron chi connectivity index (χ1n) is 4.38. The molecular weight excluding hydrogens is 219 g/mol. The van der Waals surface area contributed by atoms with Gasteiger partial charge in [-0.05, 0) is 32.0 Å². The normalized spacial score (nSPS) is 11.5. The highest BCUT2D eigenvalue weighted by Gasteiger charge is 2.16. The van der Waals surface area contributed by atoms with Crippen LogP contribution < -0.4 is 11.1 Å². The number of halogens is 2. The number of nitrogens with one attached hydrogen (secondary N) is 1. The second-order valence-electron chi connectivity index (χ2n) is 3.84. The molecule has 0 unspecified atom stereocenters. The van der Waals surface area contributed by atoms with Crippen molar-refractivity contribution in [1.82, 2.24) is 0 Å². The molecule has 0 aliphatic rings. The number of benzene rings is 1. The van der Waals surface area contributed by atoms with Gasteiger partial charge in [-0.1, -0.05) is 23.2 Å². The van der Waals surface area contributed by atoms with E-state index in [0.29, 0.717) is 16.6 Å². The van der Waals surface area contributed by atoms with Crippen LogP contribution >= 0.6 is 23.2 Å². The topological polar surface area (TPSA) is 38.0 Å². The van der Waals surface area contributed by atoms with E-state index in [4.69, 9.17) is 28.9 Å². The maximum Gasteiger partial charge on any atom is 0.0638 e. The second-order valence-corrected chi connectivity index (χ2v) is 4.68. The van der Waals surface area contributed by atoms with E-state index in [2.05, 4.69) is 5.32 Å². The summed E-state index contributed by atoms with van der Waals surface area (Å²) >= 11 is 11.9. The average molecular weight is 233 g/mol. The molecule has 0 saturated carbocycles. The Balaban J connectivity index is 2.91. The number of hydrogen-bond acceptors (Lipinski definition) is 2. The van der Waals surface area contributed by atoms with E-state index in [1.165, 1.54) is 0 Å². The van der Waals surface area contributed by atoms with Crippen molar-refractivity contribution in [3.05, 3.63) is 28.2 Å². The van der Waals surface area contributed by atoms with Gasteiger partial charge in [0.1, 0.15) is 0 Å². The minimum absolute atomic E-state index is 0.186. The Hall–Kier alpha value is -0.440. The molecule has 0 aliphatic carbocycles. The first kappa shape index (κ1) is 11.6. The first-order valence-corrected chi connectivity index (χ1v) is 5.13. The molecule has 14 heavy (non-hydrogen) atoms. The standard InChI is InChI=1S/C10H14Cl2N2/c1-10(2,6-13)14-9-5-7(11)3-4-8(9)12/h3-5,14H,6,13H2,1-2H3. The zero-order chi connectivity index (χ0) is 10.8. The molecule has 0 radical (unpaired) electrons. The summed E-state index contributed by atoms with van der Waals surface area (Å²) in [5.74, 6) is 0. The van der Waals surface area contributed by atoms with Crippen LogP contribution in [0.4, 0.5) is 5.69 Å². The van der Waals surface area contributed by atoms with E-state index < -0.39 is 0 Å². The molecule has 0 aromatic heterocycles. The van der Waals surface area contributed by atoms with Gasteiger partial charge >= 0.3 is 0 Å². The van der Waals surface area contributed by atoms with E-state index >= 15 is 0 Å². The smallest absolute Gasteiger partial charge is 0.0638 e. The lowest BCUT2D eigenvalue weighted by molar-refractivity contribution is 0.580. The van der Waals surface area contributed by atoms with Crippen molar-refractivity contribution >= 4 is 28.9 Å². The van der Waals surface area contributed by atoms with E-state index in [-0.39, 0.29) is 5.54 Å². The molecule has 0 amide bonds. The van der Waals surface area contributed by atoms with Gasteiger partial charge < -0.3 is 11.1 Å². The summed E-state index contributed by atoms with van der Waals surface area (Å²) in [6.07, 6.45) is 0. The molecule has 1 aromatic rings. The predicted molar refractivity (Wildman–Crippen MR) is 63.2 cm³/mol. The molecule has 3 N–H and O–H groups in total. The van der Waals surface area contributed by atoms with Crippen LogP contribution in [0.3, 0.4) is 0 Å². The fourth-order valence-electron chi connectivity index (χ4n) is 1.01. The van der Waals surface area contributed by atoms with Crippen LogP contribution in [0, 0.1) is 0 Å². The van der Waals surface area contributed by atoms with Crippen LogP contribution in [-0.4, -0.2) is 12.1 Å². The molecule has 1 rings (SSSR count). The third-order valence-corrected chi connectivity index (χ3v) is 2.48. The molecule has 0 bridgehead atoms. The molecule has 4 heteroatoms. The molecule has 1 aromatic carbocycles. The highest BCUT2D eigenvalue weighted by atomic mass is 35.5. The zero-order valence-electron chi connectivity index (χ0n) is 8.27. The summed E-state index contributed by atoms with van der Waals surface area (Å²) in [7, 11) is 0. The van der Waals surface area contributed by atoms with Gasteiger partial charge in [-0.25, -0.2) is 0 Å². The summed E-state index contributed by atoms with van der Waals surface area (Å²) in [6.45, 7) is 4.53. The van der Waals surface area contributed by atoms with Crippen molar-refractivity contribution in [2.75, 3.05) is 11.9 Å². The van der Waals surface area contributed by atoms with Crippen LogP contribution in [0.2, 0.25) is 10.0 Å². The summed E-state index contributed by atoms with van der Waals surface area (Å²) < 4.78 is 0. The number of rotatable bonds is 3. The Labute approximate surface area is 94.4 Å². The van der Waals surface area contributed by atoms with Crippen LogP contribution in [0.5, 0.6) is 0 Å². The number of nitrogens with two attached hydrogens (primary N) is 1. The summed E-state index contributed by atoms with van der Waals surface area (Å²) in [5, 5.41) is 4.54. The van der Waals surface area contributed by atoms with Gasteiger partial charge in [-0.15, -0.1) is 0 Å². The van der Waals surface area contributed by atoms with Crippen LogP contribution in [0.15, 0.2) is 18.2 Å². The van der Waals surface area contributed by atoms with Crippen LogP contribution in [-0.2, 0) is 0 Å². The summed E-state index contributed by atoms with van der Waals surface area (Å²) in [5.41, 5.74) is 6.23. The molecule has 0 fully saturated rings. The third-order valence-electron chi connectivity index (χ3n) is 1.91. The van der Waals surface area contributed by atoms with E-state index in [1.54, 1.807) is 18.2 Å². The van der Waals surface area contributed by atoms with Gasteiger partial charge in [0.05, 0.1) is 10.7 Å². The lowest BCUT2D eigenvalue weighted by Gasteiger charge is -2.26. The third kappa shape index (κ3) is 3.05. The predicted octanol–water partition coefficient (Wildman–Crippen LogP) is 3.14. The Morgan fingerprint density at radius 1 is 1.36 bits per heavy atom. The van der Waals surface area contributed by atoms with Crippen molar-refractivity contribution in [2.45, 2.75) is 19.4 Å². The molecular formula is C10H14Cl2N2. The average Bonchev–Trinajstić information content (AvgIpc) is 2.11. The van der Waals surface area contributed by atoms with Crippen molar-refractivity contribution in [3.63, 3.8) is 0 Å². The van der Waals surface area contributed by atoms with Crippen LogP contribution in [0.25, 0.3) is 0 Å². The maximum absolute atomic E-state index is 6.00. The number of anilines is 1. The van der Waals surface area contributed by atoms with E-state index in [0.717, 1.165) is 5.69 Å². The zero-order valence-corrected chi connectivity index (χ0v) is 9.78. The van der Waals surface area contributed by atoms with Crippen molar-refractivity contribution in [2.24, 2.45) is 5.73 Å². The van der Waals surface area contributed by atoms with Crippen molar-refractivity contribution in [3.8, 4) is 0 Å². The Bertz CT molecular complexity index is 324. The van der Waals surface area contributed by atoms with E-state index in [9.17, 15) is 0 Å². The molecule has 0 atom stereocenters. The SMILES string of the molecule is CC(C)(CN)Nc1cc(Cl)ccc1Cl. The molecule has 2 nitrogen and oxygen atoms in total.